The van der Waals surface area contributed by atoms with Crippen LogP contribution >= 0.6 is 0 Å². The molecule has 1 N–H and O–H groups in total. The largest absolute Gasteiger partial charge is 0.495 e. The van der Waals surface area contributed by atoms with Crippen LogP contribution in [-0.4, -0.2) is 18.2 Å². The smallest absolute Gasteiger partial charge is 0.143 e. The molecule has 0 amide bonds. The number of hydrogen-bond acceptors (Lipinski definition) is 2. The number of ether oxygens (including phenoxy) is 1. The maximum absolute atomic E-state index is 5.53. The fourth-order valence-electron chi connectivity index (χ4n) is 2.91. The molecule has 0 unspecified atom stereocenters. The molecular weight excluding hydrogens is 212 g/mol. The van der Waals surface area contributed by atoms with Crippen molar-refractivity contribution in [2.24, 2.45) is 7.05 Å². The molecule has 0 saturated heterocycles. The highest BCUT2D eigenvalue weighted by Crippen LogP contribution is 2.34. The molecule has 0 fully saturated rings. The van der Waals surface area contributed by atoms with E-state index in [9.17, 15) is 0 Å². The van der Waals surface area contributed by atoms with Crippen LogP contribution < -0.4 is 10.1 Å². The lowest BCUT2D eigenvalue weighted by molar-refractivity contribution is 0.417. The summed E-state index contributed by atoms with van der Waals surface area (Å²) in [6.07, 6.45) is 1.10. The first-order valence-electron chi connectivity index (χ1n) is 6.08. The third-order valence-electron chi connectivity index (χ3n) is 3.69. The molecule has 0 bridgehead atoms. The van der Waals surface area contributed by atoms with E-state index in [-0.39, 0.29) is 0 Å². The van der Waals surface area contributed by atoms with Gasteiger partial charge < -0.3 is 14.6 Å². The summed E-state index contributed by atoms with van der Waals surface area (Å²) < 4.78 is 7.82. The summed E-state index contributed by atoms with van der Waals surface area (Å²) in [7, 11) is 3.89. The predicted molar refractivity (Wildman–Crippen MR) is 69.6 cm³/mol. The van der Waals surface area contributed by atoms with Crippen molar-refractivity contribution >= 4 is 10.9 Å². The van der Waals surface area contributed by atoms with Crippen LogP contribution in [0.25, 0.3) is 10.9 Å². The number of aryl methyl sites for hydroxylation is 2. The molecule has 3 nitrogen and oxygen atoms in total. The molecule has 0 saturated carbocycles. The van der Waals surface area contributed by atoms with Crippen LogP contribution in [-0.2, 0) is 20.0 Å². The Kier molecular flexibility index (Phi) is 2.37. The van der Waals surface area contributed by atoms with E-state index < -0.39 is 0 Å². The second-order valence-corrected chi connectivity index (χ2v) is 4.77. The first-order valence-corrected chi connectivity index (χ1v) is 6.08. The number of rotatable bonds is 1. The summed E-state index contributed by atoms with van der Waals surface area (Å²) in [5.74, 6) is 0.983. The highest BCUT2D eigenvalue weighted by Gasteiger charge is 2.20. The SMILES string of the molecule is COc1cc(C)cc2c3c(n(C)c12)CCNC3. The molecular formula is C14H18N2O. The number of nitrogens with zero attached hydrogens (tertiary/aromatic N) is 1. The van der Waals surface area contributed by atoms with Crippen LogP contribution in [0.1, 0.15) is 16.8 Å². The minimum absolute atomic E-state index is 0.972. The van der Waals surface area contributed by atoms with Crippen molar-refractivity contribution in [2.45, 2.75) is 19.9 Å². The van der Waals surface area contributed by atoms with Crippen LogP contribution in [0, 0.1) is 6.92 Å². The summed E-state index contributed by atoms with van der Waals surface area (Å²) in [5, 5.41) is 4.79. The van der Waals surface area contributed by atoms with E-state index in [2.05, 4.69) is 36.0 Å². The number of benzene rings is 1. The fraction of sp³-hybridized carbons (Fsp3) is 0.429. The third kappa shape index (κ3) is 1.46. The van der Waals surface area contributed by atoms with Crippen LogP contribution in [0.4, 0.5) is 0 Å². The Hall–Kier alpha value is -1.48. The predicted octanol–water partition coefficient (Wildman–Crippen LogP) is 2.14. The zero-order valence-corrected chi connectivity index (χ0v) is 10.6. The molecule has 2 aromatic rings. The molecule has 90 valence electrons. The van der Waals surface area contributed by atoms with Gasteiger partial charge in [-0.05, 0) is 30.2 Å². The van der Waals surface area contributed by atoms with Crippen molar-refractivity contribution in [1.29, 1.82) is 0 Å². The topological polar surface area (TPSA) is 26.2 Å². The van der Waals surface area contributed by atoms with E-state index >= 15 is 0 Å². The highest BCUT2D eigenvalue weighted by atomic mass is 16.5. The molecule has 0 radical (unpaired) electrons. The van der Waals surface area contributed by atoms with Crippen molar-refractivity contribution in [3.05, 3.63) is 29.0 Å². The lowest BCUT2D eigenvalue weighted by Crippen LogP contribution is -2.24. The second-order valence-electron chi connectivity index (χ2n) is 4.77. The number of aromatic nitrogens is 1. The Morgan fingerprint density at radius 2 is 2.18 bits per heavy atom. The maximum atomic E-state index is 5.53. The van der Waals surface area contributed by atoms with Crippen molar-refractivity contribution in [3.63, 3.8) is 0 Å². The van der Waals surface area contributed by atoms with Gasteiger partial charge in [0.15, 0.2) is 0 Å². The zero-order valence-electron chi connectivity index (χ0n) is 10.6. The molecule has 1 aliphatic rings. The summed E-state index contributed by atoms with van der Waals surface area (Å²) in [4.78, 5) is 0. The van der Waals surface area contributed by atoms with Gasteiger partial charge in [-0.2, -0.15) is 0 Å². The summed E-state index contributed by atoms with van der Waals surface area (Å²) >= 11 is 0. The molecule has 1 aromatic carbocycles. The van der Waals surface area contributed by atoms with Crippen LogP contribution in [0.3, 0.4) is 0 Å². The van der Waals surface area contributed by atoms with Gasteiger partial charge in [0.05, 0.1) is 12.6 Å². The molecule has 3 heteroatoms. The van der Waals surface area contributed by atoms with Gasteiger partial charge in [0.1, 0.15) is 5.75 Å². The minimum atomic E-state index is 0.972. The lowest BCUT2D eigenvalue weighted by atomic mass is 10.0. The molecule has 0 spiro atoms. The summed E-state index contributed by atoms with van der Waals surface area (Å²) in [6, 6.07) is 4.38. The van der Waals surface area contributed by atoms with Crippen LogP contribution in [0.15, 0.2) is 12.1 Å². The Morgan fingerprint density at radius 3 is 2.94 bits per heavy atom. The lowest BCUT2D eigenvalue weighted by Gasteiger charge is -2.14. The molecule has 1 aliphatic heterocycles. The molecule has 1 aromatic heterocycles. The monoisotopic (exact) mass is 230 g/mol. The highest BCUT2D eigenvalue weighted by molar-refractivity contribution is 5.91. The Bertz CT molecular complexity index is 584. The quantitative estimate of drug-likeness (QED) is 0.812. The van der Waals surface area contributed by atoms with Gasteiger partial charge >= 0.3 is 0 Å². The number of fused-ring (bicyclic) bond motifs is 3. The van der Waals surface area contributed by atoms with Gasteiger partial charge in [0.25, 0.3) is 0 Å². The van der Waals surface area contributed by atoms with E-state index in [1.54, 1.807) is 7.11 Å². The standard InChI is InChI=1S/C14H18N2O/c1-9-6-10-11-8-15-5-4-12(11)16(2)14(10)13(7-9)17-3/h6-7,15H,4-5,8H2,1-3H3. The van der Waals surface area contributed by atoms with Gasteiger partial charge in [0.2, 0.25) is 0 Å². The van der Waals surface area contributed by atoms with Crippen LogP contribution in [0.5, 0.6) is 5.75 Å². The first kappa shape index (κ1) is 10.7. The molecule has 3 rings (SSSR count). The normalized spacial score (nSPS) is 15.0. The van der Waals surface area contributed by atoms with Crippen molar-refractivity contribution in [3.8, 4) is 5.75 Å². The second kappa shape index (κ2) is 3.77. The van der Waals surface area contributed by atoms with Crippen molar-refractivity contribution in [2.75, 3.05) is 13.7 Å². The Morgan fingerprint density at radius 1 is 1.35 bits per heavy atom. The van der Waals surface area contributed by atoms with Gasteiger partial charge in [-0.25, -0.2) is 0 Å². The molecule has 17 heavy (non-hydrogen) atoms. The van der Waals surface area contributed by atoms with Gasteiger partial charge in [-0.15, -0.1) is 0 Å². The van der Waals surface area contributed by atoms with Crippen molar-refractivity contribution < 1.29 is 4.74 Å². The third-order valence-corrected chi connectivity index (χ3v) is 3.69. The van der Waals surface area contributed by atoms with E-state index in [1.807, 2.05) is 0 Å². The number of hydrogen-bond donors (Lipinski definition) is 1. The van der Waals surface area contributed by atoms with Crippen LogP contribution in [0.2, 0.25) is 0 Å². The van der Waals surface area contributed by atoms with Gasteiger partial charge in [-0.3, -0.25) is 0 Å². The van der Waals surface area contributed by atoms with Gasteiger partial charge in [-0.1, -0.05) is 0 Å². The van der Waals surface area contributed by atoms with E-state index in [0.29, 0.717) is 0 Å². The van der Waals surface area contributed by atoms with E-state index in [4.69, 9.17) is 4.74 Å². The van der Waals surface area contributed by atoms with Gasteiger partial charge in [0, 0.05) is 37.6 Å². The summed E-state index contributed by atoms with van der Waals surface area (Å²) in [5.41, 5.74) is 5.37. The molecule has 0 aliphatic carbocycles. The number of nitrogens with one attached hydrogen (secondary N) is 1. The van der Waals surface area contributed by atoms with E-state index in [0.717, 1.165) is 25.3 Å². The summed E-state index contributed by atoms with van der Waals surface area (Å²) in [6.45, 7) is 4.16. The maximum Gasteiger partial charge on any atom is 0.143 e. The molecule has 0 atom stereocenters. The van der Waals surface area contributed by atoms with Crippen molar-refractivity contribution in [1.82, 2.24) is 9.88 Å². The number of methoxy groups -OCH3 is 1. The minimum Gasteiger partial charge on any atom is -0.495 e. The first-order chi connectivity index (χ1) is 8.22. The average molecular weight is 230 g/mol. The molecule has 2 heterocycles. The fourth-order valence-corrected chi connectivity index (χ4v) is 2.91. The Balaban J connectivity index is 2.41. The zero-order chi connectivity index (χ0) is 12.0. The van der Waals surface area contributed by atoms with E-state index in [1.165, 1.54) is 27.7 Å². The average Bonchev–Trinajstić information content (AvgIpc) is 2.63. The Labute approximate surface area is 101 Å².